The molecule has 1 fully saturated rings. The largest absolute Gasteiger partial charge is 0.377 e. The van der Waals surface area contributed by atoms with Gasteiger partial charge in [-0.25, -0.2) is 4.98 Å². The van der Waals surface area contributed by atoms with Gasteiger partial charge in [0.2, 0.25) is 5.95 Å². The van der Waals surface area contributed by atoms with E-state index in [1.807, 2.05) is 13.0 Å². The molecule has 2 rings (SSSR count). The number of anilines is 2. The maximum absolute atomic E-state index is 5.13. The van der Waals surface area contributed by atoms with Crippen molar-refractivity contribution in [2.45, 2.75) is 26.3 Å². The van der Waals surface area contributed by atoms with E-state index in [2.05, 4.69) is 34.2 Å². The molecule has 17 heavy (non-hydrogen) atoms. The summed E-state index contributed by atoms with van der Waals surface area (Å²) in [6.45, 7) is 6.65. The van der Waals surface area contributed by atoms with Crippen molar-refractivity contribution in [1.29, 1.82) is 0 Å². The predicted molar refractivity (Wildman–Crippen MR) is 68.6 cm³/mol. The van der Waals surface area contributed by atoms with E-state index in [-0.39, 0.29) is 0 Å². The van der Waals surface area contributed by atoms with Gasteiger partial charge in [0.25, 0.3) is 0 Å². The number of hydrogen-bond donors (Lipinski definition) is 1. The van der Waals surface area contributed by atoms with Gasteiger partial charge in [0, 0.05) is 25.4 Å². The molecule has 0 amide bonds. The Morgan fingerprint density at radius 2 is 2.24 bits per heavy atom. The smallest absolute Gasteiger partial charge is 0.225 e. The highest BCUT2D eigenvalue weighted by Gasteiger charge is 2.19. The Balaban J connectivity index is 2.10. The SMILES string of the molecule is CCCN(C)c1cc(C)nc(NC2COC2)n1. The minimum Gasteiger partial charge on any atom is -0.377 e. The van der Waals surface area contributed by atoms with E-state index in [1.54, 1.807) is 0 Å². The third-order valence-corrected chi connectivity index (χ3v) is 2.76. The summed E-state index contributed by atoms with van der Waals surface area (Å²) in [5.74, 6) is 1.68. The standard InChI is InChI=1S/C12H20N4O/c1-4-5-16(3)11-6-9(2)13-12(15-11)14-10-7-17-8-10/h6,10H,4-5,7-8H2,1-3H3,(H,13,14,15). The Kier molecular flexibility index (Phi) is 3.78. The summed E-state index contributed by atoms with van der Waals surface area (Å²) in [7, 11) is 2.06. The first kappa shape index (κ1) is 12.1. The molecule has 1 aliphatic rings. The van der Waals surface area contributed by atoms with Crippen molar-refractivity contribution >= 4 is 11.8 Å². The minimum absolute atomic E-state index is 0.362. The summed E-state index contributed by atoms with van der Waals surface area (Å²) >= 11 is 0. The lowest BCUT2D eigenvalue weighted by atomic mass is 10.3. The maximum atomic E-state index is 5.13. The van der Waals surface area contributed by atoms with Crippen LogP contribution in [0.1, 0.15) is 19.0 Å². The maximum Gasteiger partial charge on any atom is 0.225 e. The first-order chi connectivity index (χ1) is 8.19. The molecule has 94 valence electrons. The fraction of sp³-hybridized carbons (Fsp3) is 0.667. The van der Waals surface area contributed by atoms with Crippen molar-refractivity contribution < 1.29 is 4.74 Å². The monoisotopic (exact) mass is 236 g/mol. The van der Waals surface area contributed by atoms with Crippen molar-refractivity contribution in [3.8, 4) is 0 Å². The van der Waals surface area contributed by atoms with Gasteiger partial charge in [-0.3, -0.25) is 0 Å². The predicted octanol–water partition coefficient (Wildman–Crippen LogP) is 1.44. The van der Waals surface area contributed by atoms with E-state index < -0.39 is 0 Å². The highest BCUT2D eigenvalue weighted by molar-refractivity contribution is 5.44. The summed E-state index contributed by atoms with van der Waals surface area (Å²) in [5, 5.41) is 3.28. The number of aryl methyl sites for hydroxylation is 1. The first-order valence-corrected chi connectivity index (χ1v) is 6.10. The van der Waals surface area contributed by atoms with Gasteiger partial charge in [-0.1, -0.05) is 6.92 Å². The average Bonchev–Trinajstić information content (AvgIpc) is 2.23. The quantitative estimate of drug-likeness (QED) is 0.838. The van der Waals surface area contributed by atoms with E-state index in [9.17, 15) is 0 Å². The molecule has 0 bridgehead atoms. The summed E-state index contributed by atoms with van der Waals surface area (Å²) in [4.78, 5) is 11.1. The molecule has 5 nitrogen and oxygen atoms in total. The second-order valence-electron chi connectivity index (χ2n) is 4.49. The molecule has 1 aliphatic heterocycles. The average molecular weight is 236 g/mol. The minimum atomic E-state index is 0.362. The fourth-order valence-corrected chi connectivity index (χ4v) is 1.76. The zero-order valence-electron chi connectivity index (χ0n) is 10.7. The second kappa shape index (κ2) is 5.31. The summed E-state index contributed by atoms with van der Waals surface area (Å²) in [5.41, 5.74) is 0.987. The van der Waals surface area contributed by atoms with Crippen LogP contribution in [0.15, 0.2) is 6.07 Å². The van der Waals surface area contributed by atoms with Crippen LogP contribution in [0.4, 0.5) is 11.8 Å². The van der Waals surface area contributed by atoms with Crippen LogP contribution in [0.3, 0.4) is 0 Å². The van der Waals surface area contributed by atoms with Gasteiger partial charge in [0.15, 0.2) is 0 Å². The molecule has 0 atom stereocenters. The normalized spacial score (nSPS) is 15.5. The van der Waals surface area contributed by atoms with Crippen LogP contribution in [0.2, 0.25) is 0 Å². The van der Waals surface area contributed by atoms with Crippen LogP contribution in [0.5, 0.6) is 0 Å². The van der Waals surface area contributed by atoms with Gasteiger partial charge >= 0.3 is 0 Å². The number of nitrogens with zero attached hydrogens (tertiary/aromatic N) is 3. The number of aromatic nitrogens is 2. The topological polar surface area (TPSA) is 50.3 Å². The van der Waals surface area contributed by atoms with Gasteiger partial charge < -0.3 is 15.0 Å². The van der Waals surface area contributed by atoms with E-state index in [4.69, 9.17) is 4.74 Å². The number of rotatable bonds is 5. The van der Waals surface area contributed by atoms with E-state index in [1.165, 1.54) is 0 Å². The number of nitrogens with one attached hydrogen (secondary N) is 1. The molecule has 1 saturated heterocycles. The van der Waals surface area contributed by atoms with Crippen LogP contribution >= 0.6 is 0 Å². The third kappa shape index (κ3) is 3.06. The molecule has 0 aliphatic carbocycles. The molecule has 0 aromatic carbocycles. The molecule has 0 radical (unpaired) electrons. The molecule has 0 saturated carbocycles. The van der Waals surface area contributed by atoms with Crippen LogP contribution in [0.25, 0.3) is 0 Å². The molecule has 1 aromatic heterocycles. The molecule has 0 spiro atoms. The van der Waals surface area contributed by atoms with E-state index >= 15 is 0 Å². The zero-order chi connectivity index (χ0) is 12.3. The second-order valence-corrected chi connectivity index (χ2v) is 4.49. The lowest BCUT2D eigenvalue weighted by Crippen LogP contribution is -2.40. The fourth-order valence-electron chi connectivity index (χ4n) is 1.76. The summed E-state index contributed by atoms with van der Waals surface area (Å²) in [6.07, 6.45) is 1.11. The van der Waals surface area contributed by atoms with Crippen molar-refractivity contribution in [3.05, 3.63) is 11.8 Å². The van der Waals surface area contributed by atoms with Crippen molar-refractivity contribution in [1.82, 2.24) is 9.97 Å². The zero-order valence-corrected chi connectivity index (χ0v) is 10.7. The molecule has 2 heterocycles. The summed E-state index contributed by atoms with van der Waals surface area (Å²) < 4.78 is 5.13. The van der Waals surface area contributed by atoms with Gasteiger partial charge in [-0.2, -0.15) is 4.98 Å². The molecular weight excluding hydrogens is 216 g/mol. The van der Waals surface area contributed by atoms with Crippen molar-refractivity contribution in [2.24, 2.45) is 0 Å². The van der Waals surface area contributed by atoms with Crippen molar-refractivity contribution in [2.75, 3.05) is 37.0 Å². The van der Waals surface area contributed by atoms with Crippen LogP contribution in [-0.4, -0.2) is 42.8 Å². The highest BCUT2D eigenvalue weighted by Crippen LogP contribution is 2.15. The van der Waals surface area contributed by atoms with Gasteiger partial charge in [-0.15, -0.1) is 0 Å². The van der Waals surface area contributed by atoms with Crippen molar-refractivity contribution in [3.63, 3.8) is 0 Å². The molecular formula is C12H20N4O. The van der Waals surface area contributed by atoms with Crippen LogP contribution < -0.4 is 10.2 Å². The van der Waals surface area contributed by atoms with Gasteiger partial charge in [-0.05, 0) is 13.3 Å². The number of ether oxygens (including phenoxy) is 1. The lowest BCUT2D eigenvalue weighted by Gasteiger charge is -2.27. The Bertz CT molecular complexity index is 379. The van der Waals surface area contributed by atoms with Crippen LogP contribution in [0, 0.1) is 6.92 Å². The Labute approximate surface area is 102 Å². The lowest BCUT2D eigenvalue weighted by molar-refractivity contribution is 0.0208. The first-order valence-electron chi connectivity index (χ1n) is 6.10. The molecule has 5 heteroatoms. The van der Waals surface area contributed by atoms with Gasteiger partial charge in [0.1, 0.15) is 5.82 Å². The van der Waals surface area contributed by atoms with Gasteiger partial charge in [0.05, 0.1) is 19.3 Å². The van der Waals surface area contributed by atoms with E-state index in [0.29, 0.717) is 12.0 Å². The molecule has 0 unspecified atom stereocenters. The molecule has 1 N–H and O–H groups in total. The Hall–Kier alpha value is -1.36. The van der Waals surface area contributed by atoms with E-state index in [0.717, 1.165) is 37.7 Å². The Morgan fingerprint density at radius 1 is 1.47 bits per heavy atom. The summed E-state index contributed by atoms with van der Waals surface area (Å²) in [6, 6.07) is 2.37. The highest BCUT2D eigenvalue weighted by atomic mass is 16.5. The third-order valence-electron chi connectivity index (χ3n) is 2.76. The molecule has 1 aromatic rings. The number of hydrogen-bond acceptors (Lipinski definition) is 5. The Morgan fingerprint density at radius 3 is 2.82 bits per heavy atom. The van der Waals surface area contributed by atoms with Crippen LogP contribution in [-0.2, 0) is 4.74 Å².